The van der Waals surface area contributed by atoms with E-state index in [1.807, 2.05) is 18.2 Å². The number of carbonyl (C=O) groups is 1. The van der Waals surface area contributed by atoms with Crippen molar-refractivity contribution >= 4 is 28.5 Å². The predicted octanol–water partition coefficient (Wildman–Crippen LogP) is 4.67. The number of rotatable bonds is 7. The van der Waals surface area contributed by atoms with Crippen molar-refractivity contribution in [2.75, 3.05) is 21.3 Å². The van der Waals surface area contributed by atoms with Gasteiger partial charge >= 0.3 is 0 Å². The SMILES string of the molecule is COc1cc(C(=O)C(=Cc2ccncc2)c2nc3ccccc3o2)cc(OC)c1OC. The van der Waals surface area contributed by atoms with Crippen LogP contribution in [0.25, 0.3) is 22.7 Å². The number of methoxy groups -OCH3 is 3. The van der Waals surface area contributed by atoms with Crippen molar-refractivity contribution in [3.63, 3.8) is 0 Å². The van der Waals surface area contributed by atoms with E-state index in [0.29, 0.717) is 33.9 Å². The third kappa shape index (κ3) is 3.98. The molecule has 2 heterocycles. The Morgan fingerprint density at radius 3 is 2.23 bits per heavy atom. The second kappa shape index (κ2) is 8.71. The molecule has 7 heteroatoms. The average Bonchev–Trinajstić information content (AvgIpc) is 3.25. The number of para-hydroxylation sites is 2. The van der Waals surface area contributed by atoms with Gasteiger partial charge in [0, 0.05) is 18.0 Å². The molecule has 7 nitrogen and oxygen atoms in total. The Hall–Kier alpha value is -4.13. The molecule has 0 unspecified atom stereocenters. The van der Waals surface area contributed by atoms with Gasteiger partial charge in [-0.1, -0.05) is 12.1 Å². The highest BCUT2D eigenvalue weighted by Crippen LogP contribution is 2.39. The van der Waals surface area contributed by atoms with Crippen molar-refractivity contribution < 1.29 is 23.4 Å². The maximum atomic E-state index is 13.6. The van der Waals surface area contributed by atoms with E-state index in [0.717, 1.165) is 5.56 Å². The minimum atomic E-state index is -0.303. The molecule has 0 atom stereocenters. The van der Waals surface area contributed by atoms with Gasteiger partial charge in [-0.15, -0.1) is 0 Å². The second-order valence-electron chi connectivity index (χ2n) is 6.57. The normalized spacial score (nSPS) is 11.4. The summed E-state index contributed by atoms with van der Waals surface area (Å²) >= 11 is 0. The lowest BCUT2D eigenvalue weighted by Gasteiger charge is -2.14. The van der Waals surface area contributed by atoms with E-state index in [1.54, 1.807) is 48.8 Å². The number of pyridine rings is 1. The van der Waals surface area contributed by atoms with E-state index >= 15 is 0 Å². The van der Waals surface area contributed by atoms with Gasteiger partial charge in [-0.05, 0) is 48.0 Å². The zero-order valence-corrected chi connectivity index (χ0v) is 17.3. The van der Waals surface area contributed by atoms with Crippen LogP contribution in [0, 0.1) is 0 Å². The monoisotopic (exact) mass is 416 g/mol. The molecule has 0 N–H and O–H groups in total. The van der Waals surface area contributed by atoms with Crippen molar-refractivity contribution in [2.24, 2.45) is 0 Å². The van der Waals surface area contributed by atoms with E-state index in [2.05, 4.69) is 9.97 Å². The summed E-state index contributed by atoms with van der Waals surface area (Å²) in [6.45, 7) is 0. The number of benzene rings is 2. The number of hydrogen-bond donors (Lipinski definition) is 0. The first-order valence-electron chi connectivity index (χ1n) is 9.47. The quantitative estimate of drug-likeness (QED) is 0.320. The Morgan fingerprint density at radius 2 is 1.61 bits per heavy atom. The molecule has 0 aliphatic carbocycles. The number of fused-ring (bicyclic) bond motifs is 1. The molecule has 0 amide bonds. The molecule has 0 radical (unpaired) electrons. The standard InChI is InChI=1S/C24H20N2O5/c1-28-20-13-16(14-21(29-2)23(20)30-3)22(27)17(12-15-8-10-25-11-9-15)24-26-18-6-4-5-7-19(18)31-24/h4-14H,1-3H3. The number of aromatic nitrogens is 2. The molecule has 0 saturated carbocycles. The van der Waals surface area contributed by atoms with Crippen LogP contribution < -0.4 is 14.2 Å². The van der Waals surface area contributed by atoms with E-state index in [-0.39, 0.29) is 17.2 Å². The number of ketones is 1. The second-order valence-corrected chi connectivity index (χ2v) is 6.57. The molecule has 0 aliphatic rings. The van der Waals surface area contributed by atoms with Gasteiger partial charge in [0.15, 0.2) is 22.9 Å². The van der Waals surface area contributed by atoms with Crippen molar-refractivity contribution in [1.29, 1.82) is 0 Å². The first kappa shape index (κ1) is 20.2. The summed E-state index contributed by atoms with van der Waals surface area (Å²) in [5, 5.41) is 0. The van der Waals surface area contributed by atoms with Gasteiger partial charge < -0.3 is 18.6 Å². The first-order chi connectivity index (χ1) is 15.1. The fraction of sp³-hybridized carbons (Fsp3) is 0.125. The first-order valence-corrected chi connectivity index (χ1v) is 9.47. The maximum Gasteiger partial charge on any atom is 0.231 e. The lowest BCUT2D eigenvalue weighted by atomic mass is 10.00. The largest absolute Gasteiger partial charge is 0.493 e. The van der Waals surface area contributed by atoms with Crippen molar-refractivity contribution in [1.82, 2.24) is 9.97 Å². The van der Waals surface area contributed by atoms with E-state index in [4.69, 9.17) is 18.6 Å². The number of oxazole rings is 1. The number of carbonyl (C=O) groups excluding carboxylic acids is 1. The summed E-state index contributed by atoms with van der Waals surface area (Å²) in [4.78, 5) is 22.2. The minimum Gasteiger partial charge on any atom is -0.493 e. The zero-order valence-electron chi connectivity index (χ0n) is 17.3. The van der Waals surface area contributed by atoms with Gasteiger partial charge in [0.25, 0.3) is 0 Å². The molecule has 0 spiro atoms. The topological polar surface area (TPSA) is 83.7 Å². The van der Waals surface area contributed by atoms with Crippen molar-refractivity contribution in [3.8, 4) is 17.2 Å². The fourth-order valence-corrected chi connectivity index (χ4v) is 3.21. The molecule has 2 aromatic heterocycles. The molecule has 0 saturated heterocycles. The molecule has 0 bridgehead atoms. The van der Waals surface area contributed by atoms with E-state index in [9.17, 15) is 4.79 Å². The van der Waals surface area contributed by atoms with Gasteiger partial charge in [-0.2, -0.15) is 0 Å². The number of allylic oxidation sites excluding steroid dienone is 1. The van der Waals surface area contributed by atoms with E-state index in [1.165, 1.54) is 21.3 Å². The number of Topliss-reactive ketones (excluding diaryl/α,β-unsaturated/α-hetero) is 1. The van der Waals surface area contributed by atoms with Gasteiger partial charge in [-0.25, -0.2) is 4.98 Å². The highest BCUT2D eigenvalue weighted by atomic mass is 16.5. The molecule has 0 aliphatic heterocycles. The van der Waals surface area contributed by atoms with Crippen LogP contribution in [0.3, 0.4) is 0 Å². The molecule has 4 aromatic rings. The van der Waals surface area contributed by atoms with Crippen LogP contribution in [0.1, 0.15) is 21.8 Å². The van der Waals surface area contributed by atoms with Gasteiger partial charge in [0.05, 0.1) is 26.9 Å². The van der Waals surface area contributed by atoms with Crippen molar-refractivity contribution in [2.45, 2.75) is 0 Å². The lowest BCUT2D eigenvalue weighted by molar-refractivity contribution is 0.105. The Labute approximate surface area is 178 Å². The molecular formula is C24H20N2O5. The molecule has 2 aromatic carbocycles. The smallest absolute Gasteiger partial charge is 0.231 e. The molecule has 156 valence electrons. The predicted molar refractivity (Wildman–Crippen MR) is 117 cm³/mol. The summed E-state index contributed by atoms with van der Waals surface area (Å²) in [7, 11) is 4.51. The van der Waals surface area contributed by atoms with Crippen LogP contribution in [-0.2, 0) is 0 Å². The number of nitrogens with zero attached hydrogens (tertiary/aromatic N) is 2. The van der Waals surface area contributed by atoms with Crippen LogP contribution in [0.4, 0.5) is 0 Å². The Bertz CT molecular complexity index is 1200. The average molecular weight is 416 g/mol. The molecule has 0 fully saturated rings. The van der Waals surface area contributed by atoms with Crippen LogP contribution in [0.5, 0.6) is 17.2 Å². The van der Waals surface area contributed by atoms with Gasteiger partial charge in [-0.3, -0.25) is 9.78 Å². The van der Waals surface area contributed by atoms with Crippen molar-refractivity contribution in [3.05, 3.63) is 77.9 Å². The highest BCUT2D eigenvalue weighted by molar-refractivity contribution is 6.31. The molecule has 4 rings (SSSR count). The molecule has 31 heavy (non-hydrogen) atoms. The molecular weight excluding hydrogens is 396 g/mol. The van der Waals surface area contributed by atoms with Crippen LogP contribution in [0.2, 0.25) is 0 Å². The van der Waals surface area contributed by atoms with Crippen LogP contribution >= 0.6 is 0 Å². The summed E-state index contributed by atoms with van der Waals surface area (Å²) in [6, 6.07) is 14.2. The third-order valence-corrected chi connectivity index (χ3v) is 4.71. The lowest BCUT2D eigenvalue weighted by Crippen LogP contribution is -2.05. The third-order valence-electron chi connectivity index (χ3n) is 4.71. The summed E-state index contributed by atoms with van der Waals surface area (Å²) in [5.74, 6) is 1.08. The highest BCUT2D eigenvalue weighted by Gasteiger charge is 2.23. The van der Waals surface area contributed by atoms with Crippen LogP contribution in [-0.4, -0.2) is 37.1 Å². The number of hydrogen-bond acceptors (Lipinski definition) is 7. The Kier molecular flexibility index (Phi) is 5.66. The minimum absolute atomic E-state index is 0.219. The summed E-state index contributed by atoms with van der Waals surface area (Å²) in [5.41, 5.74) is 2.67. The van der Waals surface area contributed by atoms with Crippen LogP contribution in [0.15, 0.2) is 65.3 Å². The zero-order chi connectivity index (χ0) is 21.8. The van der Waals surface area contributed by atoms with Gasteiger partial charge in [0.1, 0.15) is 5.52 Å². The Balaban J connectivity index is 1.88. The number of ether oxygens (including phenoxy) is 3. The summed E-state index contributed by atoms with van der Waals surface area (Å²) in [6.07, 6.45) is 5.02. The summed E-state index contributed by atoms with van der Waals surface area (Å²) < 4.78 is 22.1. The van der Waals surface area contributed by atoms with Gasteiger partial charge in [0.2, 0.25) is 11.6 Å². The van der Waals surface area contributed by atoms with E-state index < -0.39 is 0 Å². The fourth-order valence-electron chi connectivity index (χ4n) is 3.21. The Morgan fingerprint density at radius 1 is 0.935 bits per heavy atom. The maximum absolute atomic E-state index is 13.6.